The highest BCUT2D eigenvalue weighted by molar-refractivity contribution is 5.92. The number of hydrogen-bond donors (Lipinski definition) is 0. The Morgan fingerprint density at radius 3 is 2.35 bits per heavy atom. The Hall–Kier alpha value is -1.38. The summed E-state index contributed by atoms with van der Waals surface area (Å²) in [5, 5.41) is 0. The van der Waals surface area contributed by atoms with E-state index in [-0.39, 0.29) is 5.91 Å². The minimum Gasteiger partial charge on any atom is -0.337 e. The summed E-state index contributed by atoms with van der Waals surface area (Å²) in [5.41, 5.74) is 1.66. The molecule has 2 rings (SSSR count). The topological polar surface area (TPSA) is 33.2 Å². The molecule has 0 bridgehead atoms. The fourth-order valence-electron chi connectivity index (χ4n) is 1.85. The maximum atomic E-state index is 12.0. The Labute approximate surface area is 104 Å². The third kappa shape index (κ3) is 3.84. The molecule has 1 aliphatic heterocycles. The number of rotatable bonds is 1. The molecule has 1 amide bonds. The van der Waals surface area contributed by atoms with Crippen molar-refractivity contribution in [1.29, 1.82) is 0 Å². The van der Waals surface area contributed by atoms with Gasteiger partial charge in [-0.3, -0.25) is 9.78 Å². The van der Waals surface area contributed by atoms with Crippen LogP contribution in [-0.4, -0.2) is 28.9 Å². The molecular weight excluding hydrogens is 212 g/mol. The average Bonchev–Trinajstić information content (AvgIpc) is 2.42. The first-order chi connectivity index (χ1) is 8.27. The van der Waals surface area contributed by atoms with Crippen molar-refractivity contribution >= 4 is 5.91 Å². The first kappa shape index (κ1) is 13.7. The first-order valence-electron chi connectivity index (χ1n) is 6.49. The lowest BCUT2D eigenvalue weighted by Crippen LogP contribution is -2.36. The monoisotopic (exact) mass is 234 g/mol. The van der Waals surface area contributed by atoms with Crippen molar-refractivity contribution in [1.82, 2.24) is 9.88 Å². The second kappa shape index (κ2) is 7.05. The zero-order valence-electron chi connectivity index (χ0n) is 11.1. The lowest BCUT2D eigenvalue weighted by Gasteiger charge is -2.26. The van der Waals surface area contributed by atoms with Crippen LogP contribution < -0.4 is 0 Å². The molecule has 1 aliphatic rings. The van der Waals surface area contributed by atoms with E-state index in [2.05, 4.69) is 4.98 Å². The molecule has 1 saturated heterocycles. The molecule has 0 aromatic carbocycles. The van der Waals surface area contributed by atoms with Crippen LogP contribution in [0.4, 0.5) is 0 Å². The number of carbonyl (C=O) groups is 1. The Morgan fingerprint density at radius 1 is 1.18 bits per heavy atom. The van der Waals surface area contributed by atoms with E-state index in [1.165, 1.54) is 6.42 Å². The van der Waals surface area contributed by atoms with Gasteiger partial charge < -0.3 is 4.90 Å². The number of hydrogen-bond acceptors (Lipinski definition) is 2. The van der Waals surface area contributed by atoms with E-state index in [9.17, 15) is 4.79 Å². The van der Waals surface area contributed by atoms with Crippen molar-refractivity contribution in [2.45, 2.75) is 40.0 Å². The fourth-order valence-corrected chi connectivity index (χ4v) is 1.85. The lowest BCUT2D eigenvalue weighted by molar-refractivity contribution is 0.0718. The Bertz CT molecular complexity index is 340. The zero-order valence-corrected chi connectivity index (χ0v) is 11.1. The van der Waals surface area contributed by atoms with Gasteiger partial charge in [0, 0.05) is 19.3 Å². The second-order valence-electron chi connectivity index (χ2n) is 4.07. The molecule has 1 fully saturated rings. The molecule has 2 heterocycles. The van der Waals surface area contributed by atoms with Crippen LogP contribution >= 0.6 is 0 Å². The van der Waals surface area contributed by atoms with Gasteiger partial charge in [0.05, 0.1) is 0 Å². The molecule has 0 N–H and O–H groups in total. The van der Waals surface area contributed by atoms with Crippen LogP contribution in [0.1, 0.15) is 49.2 Å². The highest BCUT2D eigenvalue weighted by Gasteiger charge is 2.18. The van der Waals surface area contributed by atoms with Crippen LogP contribution in [0.25, 0.3) is 0 Å². The largest absolute Gasteiger partial charge is 0.337 e. The van der Waals surface area contributed by atoms with E-state index < -0.39 is 0 Å². The highest BCUT2D eigenvalue weighted by atomic mass is 16.2. The van der Waals surface area contributed by atoms with Crippen LogP contribution in [0.2, 0.25) is 0 Å². The average molecular weight is 234 g/mol. The van der Waals surface area contributed by atoms with Gasteiger partial charge in [0.1, 0.15) is 5.69 Å². The van der Waals surface area contributed by atoms with Gasteiger partial charge in [-0.25, -0.2) is 0 Å². The smallest absolute Gasteiger partial charge is 0.272 e. The van der Waals surface area contributed by atoms with Gasteiger partial charge in [-0.2, -0.15) is 0 Å². The summed E-state index contributed by atoms with van der Waals surface area (Å²) >= 11 is 0. The van der Waals surface area contributed by atoms with Gasteiger partial charge in [-0.1, -0.05) is 19.9 Å². The fraction of sp³-hybridized carbons (Fsp3) is 0.571. The molecule has 3 nitrogen and oxygen atoms in total. The van der Waals surface area contributed by atoms with Gasteiger partial charge >= 0.3 is 0 Å². The van der Waals surface area contributed by atoms with Crippen LogP contribution in [0.15, 0.2) is 18.3 Å². The van der Waals surface area contributed by atoms with Crippen molar-refractivity contribution in [3.8, 4) is 0 Å². The minimum absolute atomic E-state index is 0.0784. The minimum atomic E-state index is 0.0784. The SMILES string of the molecule is CC.Cc1ccc(C(=O)N2CCCCC2)nc1. The molecule has 94 valence electrons. The van der Waals surface area contributed by atoms with E-state index >= 15 is 0 Å². The molecule has 0 spiro atoms. The molecule has 0 atom stereocenters. The van der Waals surface area contributed by atoms with Gasteiger partial charge in [0.25, 0.3) is 5.91 Å². The van der Waals surface area contributed by atoms with Crippen LogP contribution in [0.3, 0.4) is 0 Å². The van der Waals surface area contributed by atoms with Gasteiger partial charge in [-0.05, 0) is 37.8 Å². The highest BCUT2D eigenvalue weighted by Crippen LogP contribution is 2.12. The number of piperidine rings is 1. The van der Waals surface area contributed by atoms with Crippen molar-refractivity contribution < 1.29 is 4.79 Å². The number of nitrogens with zero attached hydrogens (tertiary/aromatic N) is 2. The molecule has 1 aromatic rings. The maximum Gasteiger partial charge on any atom is 0.272 e. The summed E-state index contributed by atoms with van der Waals surface area (Å²) < 4.78 is 0. The third-order valence-electron chi connectivity index (χ3n) is 2.77. The number of amides is 1. The Morgan fingerprint density at radius 2 is 1.82 bits per heavy atom. The molecular formula is C14H22N2O. The Balaban J connectivity index is 0.000000686. The number of aryl methyl sites for hydroxylation is 1. The van der Waals surface area contributed by atoms with Gasteiger partial charge in [0.15, 0.2) is 0 Å². The predicted molar refractivity (Wildman–Crippen MR) is 70.1 cm³/mol. The van der Waals surface area contributed by atoms with Crippen molar-refractivity contribution in [2.75, 3.05) is 13.1 Å². The van der Waals surface area contributed by atoms with E-state index in [1.807, 2.05) is 37.8 Å². The predicted octanol–water partition coefficient (Wildman–Crippen LogP) is 3.04. The van der Waals surface area contributed by atoms with Crippen LogP contribution in [0.5, 0.6) is 0 Å². The summed E-state index contributed by atoms with van der Waals surface area (Å²) in [6.45, 7) is 7.74. The van der Waals surface area contributed by atoms with Crippen molar-refractivity contribution in [3.63, 3.8) is 0 Å². The number of carbonyl (C=O) groups excluding carboxylic acids is 1. The maximum absolute atomic E-state index is 12.0. The molecule has 3 heteroatoms. The molecule has 0 aliphatic carbocycles. The summed E-state index contributed by atoms with van der Waals surface area (Å²) in [6.07, 6.45) is 5.23. The first-order valence-corrected chi connectivity index (χ1v) is 6.49. The molecule has 1 aromatic heterocycles. The summed E-state index contributed by atoms with van der Waals surface area (Å²) in [7, 11) is 0. The normalized spacial score (nSPS) is 14.9. The van der Waals surface area contributed by atoms with Crippen LogP contribution in [0, 0.1) is 6.92 Å². The quantitative estimate of drug-likeness (QED) is 0.748. The summed E-state index contributed by atoms with van der Waals surface area (Å²) in [4.78, 5) is 18.0. The summed E-state index contributed by atoms with van der Waals surface area (Å²) in [6, 6.07) is 3.75. The molecule has 0 unspecified atom stereocenters. The number of aromatic nitrogens is 1. The van der Waals surface area contributed by atoms with Gasteiger partial charge in [-0.15, -0.1) is 0 Å². The third-order valence-corrected chi connectivity index (χ3v) is 2.77. The molecule has 17 heavy (non-hydrogen) atoms. The number of pyridine rings is 1. The van der Waals surface area contributed by atoms with Crippen LogP contribution in [-0.2, 0) is 0 Å². The second-order valence-corrected chi connectivity index (χ2v) is 4.07. The van der Waals surface area contributed by atoms with Crippen molar-refractivity contribution in [3.05, 3.63) is 29.6 Å². The van der Waals surface area contributed by atoms with E-state index in [0.29, 0.717) is 5.69 Å². The van der Waals surface area contributed by atoms with E-state index in [1.54, 1.807) is 6.20 Å². The standard InChI is InChI=1S/C12H16N2O.C2H6/c1-10-5-6-11(13-9-10)12(15)14-7-3-2-4-8-14;1-2/h5-6,9H,2-4,7-8H2,1H3;1-2H3. The zero-order chi connectivity index (χ0) is 12.7. The Kier molecular flexibility index (Phi) is 5.67. The van der Waals surface area contributed by atoms with Crippen molar-refractivity contribution in [2.24, 2.45) is 0 Å². The molecule has 0 radical (unpaired) electrons. The van der Waals surface area contributed by atoms with E-state index in [4.69, 9.17) is 0 Å². The summed E-state index contributed by atoms with van der Waals surface area (Å²) in [5.74, 6) is 0.0784. The number of likely N-dealkylation sites (tertiary alicyclic amines) is 1. The molecule has 0 saturated carbocycles. The van der Waals surface area contributed by atoms with Gasteiger partial charge in [0.2, 0.25) is 0 Å². The lowest BCUT2D eigenvalue weighted by atomic mass is 10.1. The van der Waals surface area contributed by atoms with E-state index in [0.717, 1.165) is 31.5 Å².